The summed E-state index contributed by atoms with van der Waals surface area (Å²) < 4.78 is 17.5. The molecule has 0 unspecified atom stereocenters. The van der Waals surface area contributed by atoms with Crippen LogP contribution in [0, 0.1) is 0 Å². The van der Waals surface area contributed by atoms with Crippen LogP contribution in [0.5, 0.6) is 0 Å². The van der Waals surface area contributed by atoms with Crippen LogP contribution in [0.4, 0.5) is 5.82 Å². The SMILES string of the molecule is COCCCCN(C(=O)[C@@H](C)OC[C@@H]1CCCCO1)c1ccc(Br)cn1. The summed E-state index contributed by atoms with van der Waals surface area (Å²) in [7, 11) is 1.68. The number of amides is 1. The molecular formula is C19H29BrN2O4. The Balaban J connectivity index is 1.94. The zero-order valence-electron chi connectivity index (χ0n) is 15.7. The van der Waals surface area contributed by atoms with Gasteiger partial charge >= 0.3 is 0 Å². The molecule has 1 saturated heterocycles. The van der Waals surface area contributed by atoms with Crippen LogP contribution in [-0.4, -0.2) is 56.6 Å². The largest absolute Gasteiger partial charge is 0.385 e. The molecule has 1 aromatic rings. The second-order valence-corrected chi connectivity index (χ2v) is 7.40. The van der Waals surface area contributed by atoms with Crippen molar-refractivity contribution < 1.29 is 19.0 Å². The molecule has 0 aromatic carbocycles. The number of ether oxygens (including phenoxy) is 3. The maximum atomic E-state index is 12.9. The lowest BCUT2D eigenvalue weighted by Crippen LogP contribution is -2.41. The lowest BCUT2D eigenvalue weighted by molar-refractivity contribution is -0.132. The first kappa shape index (κ1) is 21.3. The number of methoxy groups -OCH3 is 1. The number of unbranched alkanes of at least 4 members (excludes halogenated alkanes) is 1. The van der Waals surface area contributed by atoms with Gasteiger partial charge < -0.3 is 14.2 Å². The number of halogens is 1. The fourth-order valence-corrected chi connectivity index (χ4v) is 3.10. The quantitative estimate of drug-likeness (QED) is 0.532. The van der Waals surface area contributed by atoms with Gasteiger partial charge in [0.2, 0.25) is 0 Å². The molecule has 1 aliphatic rings. The zero-order valence-corrected chi connectivity index (χ0v) is 17.2. The van der Waals surface area contributed by atoms with Crippen LogP contribution >= 0.6 is 15.9 Å². The number of hydrogen-bond acceptors (Lipinski definition) is 5. The molecule has 6 nitrogen and oxygen atoms in total. The average Bonchev–Trinajstić information content (AvgIpc) is 2.67. The summed E-state index contributed by atoms with van der Waals surface area (Å²) in [4.78, 5) is 19.0. The number of anilines is 1. The predicted molar refractivity (Wildman–Crippen MR) is 104 cm³/mol. The van der Waals surface area contributed by atoms with Gasteiger partial charge in [-0.1, -0.05) is 0 Å². The van der Waals surface area contributed by atoms with E-state index < -0.39 is 6.10 Å². The highest BCUT2D eigenvalue weighted by Crippen LogP contribution is 2.18. The average molecular weight is 429 g/mol. The van der Waals surface area contributed by atoms with E-state index >= 15 is 0 Å². The monoisotopic (exact) mass is 428 g/mol. The van der Waals surface area contributed by atoms with Gasteiger partial charge in [-0.25, -0.2) is 4.98 Å². The van der Waals surface area contributed by atoms with Crippen LogP contribution in [-0.2, 0) is 19.0 Å². The molecule has 2 rings (SSSR count). The second kappa shape index (κ2) is 11.6. The van der Waals surface area contributed by atoms with Crippen LogP contribution in [0.1, 0.15) is 39.0 Å². The molecule has 0 N–H and O–H groups in total. The number of aromatic nitrogens is 1. The van der Waals surface area contributed by atoms with Crippen molar-refractivity contribution in [2.45, 2.75) is 51.2 Å². The molecule has 0 spiro atoms. The first-order valence-corrected chi connectivity index (χ1v) is 10.1. The molecule has 2 heterocycles. The smallest absolute Gasteiger partial charge is 0.256 e. The van der Waals surface area contributed by atoms with Crippen molar-refractivity contribution >= 4 is 27.7 Å². The molecule has 1 fully saturated rings. The molecular weight excluding hydrogens is 400 g/mol. The first-order valence-electron chi connectivity index (χ1n) is 9.27. The number of hydrogen-bond donors (Lipinski definition) is 0. The maximum Gasteiger partial charge on any atom is 0.256 e. The molecule has 0 saturated carbocycles. The molecule has 146 valence electrons. The van der Waals surface area contributed by atoms with Crippen molar-refractivity contribution in [3.63, 3.8) is 0 Å². The molecule has 26 heavy (non-hydrogen) atoms. The van der Waals surface area contributed by atoms with Gasteiger partial charge in [-0.05, 0) is 67.1 Å². The van der Waals surface area contributed by atoms with E-state index in [-0.39, 0.29) is 12.0 Å². The Bertz CT molecular complexity index is 535. The highest BCUT2D eigenvalue weighted by Gasteiger charge is 2.25. The summed E-state index contributed by atoms with van der Waals surface area (Å²) in [6.07, 6.45) is 6.26. The third-order valence-corrected chi connectivity index (χ3v) is 4.86. The van der Waals surface area contributed by atoms with E-state index in [0.717, 1.165) is 43.2 Å². The normalized spacial score (nSPS) is 18.5. The number of pyridine rings is 1. The molecule has 0 radical (unpaired) electrons. The van der Waals surface area contributed by atoms with Gasteiger partial charge in [-0.15, -0.1) is 0 Å². The van der Waals surface area contributed by atoms with Gasteiger partial charge in [0.15, 0.2) is 0 Å². The molecule has 1 amide bonds. The van der Waals surface area contributed by atoms with E-state index in [1.54, 1.807) is 25.1 Å². The minimum atomic E-state index is -0.534. The van der Waals surface area contributed by atoms with Crippen molar-refractivity contribution in [1.29, 1.82) is 0 Å². The van der Waals surface area contributed by atoms with Crippen LogP contribution < -0.4 is 4.90 Å². The Labute approximate surface area is 164 Å². The van der Waals surface area contributed by atoms with Crippen LogP contribution in [0.15, 0.2) is 22.8 Å². The van der Waals surface area contributed by atoms with Crippen LogP contribution in [0.3, 0.4) is 0 Å². The van der Waals surface area contributed by atoms with Gasteiger partial charge in [0.05, 0.1) is 12.7 Å². The van der Waals surface area contributed by atoms with E-state index in [9.17, 15) is 4.79 Å². The maximum absolute atomic E-state index is 12.9. The molecule has 2 atom stereocenters. The Morgan fingerprint density at radius 3 is 2.92 bits per heavy atom. The highest BCUT2D eigenvalue weighted by atomic mass is 79.9. The van der Waals surface area contributed by atoms with Crippen molar-refractivity contribution in [2.75, 3.05) is 38.4 Å². The van der Waals surface area contributed by atoms with Crippen LogP contribution in [0.2, 0.25) is 0 Å². The van der Waals surface area contributed by atoms with E-state index in [0.29, 0.717) is 25.6 Å². The minimum Gasteiger partial charge on any atom is -0.385 e. The Morgan fingerprint density at radius 2 is 2.27 bits per heavy atom. The third kappa shape index (κ3) is 6.95. The van der Waals surface area contributed by atoms with Gasteiger partial charge in [-0.3, -0.25) is 9.69 Å². The molecule has 0 bridgehead atoms. The molecule has 1 aromatic heterocycles. The van der Waals surface area contributed by atoms with E-state index in [4.69, 9.17) is 14.2 Å². The Morgan fingerprint density at radius 1 is 1.42 bits per heavy atom. The number of nitrogens with zero attached hydrogens (tertiary/aromatic N) is 2. The zero-order chi connectivity index (χ0) is 18.8. The minimum absolute atomic E-state index is 0.0759. The number of carbonyl (C=O) groups excluding carboxylic acids is 1. The van der Waals surface area contributed by atoms with Gasteiger partial charge in [0.1, 0.15) is 11.9 Å². The molecule has 0 aliphatic carbocycles. The summed E-state index contributed by atoms with van der Waals surface area (Å²) in [5.41, 5.74) is 0. The molecule has 1 aliphatic heterocycles. The summed E-state index contributed by atoms with van der Waals surface area (Å²) in [5, 5.41) is 0. The van der Waals surface area contributed by atoms with Crippen molar-refractivity contribution in [3.05, 3.63) is 22.8 Å². The number of rotatable bonds is 10. The van der Waals surface area contributed by atoms with E-state index in [1.807, 2.05) is 12.1 Å². The highest BCUT2D eigenvalue weighted by molar-refractivity contribution is 9.10. The Hall–Kier alpha value is -1.02. The lowest BCUT2D eigenvalue weighted by atomic mass is 10.1. The van der Waals surface area contributed by atoms with Crippen molar-refractivity contribution in [1.82, 2.24) is 4.98 Å². The van der Waals surface area contributed by atoms with Gasteiger partial charge in [0, 0.05) is 37.5 Å². The summed E-state index contributed by atoms with van der Waals surface area (Å²) in [6.45, 7) is 4.31. The second-order valence-electron chi connectivity index (χ2n) is 6.49. The summed E-state index contributed by atoms with van der Waals surface area (Å²) >= 11 is 3.38. The Kier molecular flexibility index (Phi) is 9.53. The lowest BCUT2D eigenvalue weighted by Gasteiger charge is -2.27. The fourth-order valence-electron chi connectivity index (χ4n) is 2.86. The molecule has 7 heteroatoms. The van der Waals surface area contributed by atoms with Crippen molar-refractivity contribution in [3.8, 4) is 0 Å². The van der Waals surface area contributed by atoms with E-state index in [2.05, 4.69) is 20.9 Å². The van der Waals surface area contributed by atoms with E-state index in [1.165, 1.54) is 0 Å². The van der Waals surface area contributed by atoms with Crippen molar-refractivity contribution in [2.24, 2.45) is 0 Å². The first-order chi connectivity index (χ1) is 12.6. The van der Waals surface area contributed by atoms with Gasteiger partial charge in [0.25, 0.3) is 5.91 Å². The number of carbonyl (C=O) groups is 1. The summed E-state index contributed by atoms with van der Waals surface area (Å²) in [5.74, 6) is 0.563. The third-order valence-electron chi connectivity index (χ3n) is 4.39. The summed E-state index contributed by atoms with van der Waals surface area (Å²) in [6, 6.07) is 3.73. The standard InChI is InChI=1S/C19H29BrN2O4/c1-15(26-14-17-7-3-5-12-25-17)19(23)22(10-4-6-11-24-2)18-9-8-16(20)13-21-18/h8-9,13,15,17H,3-7,10-12,14H2,1-2H3/t15-,17+/m1/s1. The fraction of sp³-hybridized carbons (Fsp3) is 0.684. The topological polar surface area (TPSA) is 60.9 Å². The van der Waals surface area contributed by atoms with Crippen LogP contribution in [0.25, 0.3) is 0 Å². The van der Waals surface area contributed by atoms with Gasteiger partial charge in [-0.2, -0.15) is 0 Å². The predicted octanol–water partition coefficient (Wildman–Crippen LogP) is 3.58.